The summed E-state index contributed by atoms with van der Waals surface area (Å²) in [6.45, 7) is 2.80. The van der Waals surface area contributed by atoms with E-state index in [4.69, 9.17) is 5.11 Å². The number of hydrogen-bond acceptors (Lipinski definition) is 3. The predicted molar refractivity (Wildman–Crippen MR) is 47.2 cm³/mol. The van der Waals surface area contributed by atoms with E-state index in [1.807, 2.05) is 11.8 Å². The maximum atomic E-state index is 12.0. The van der Waals surface area contributed by atoms with Gasteiger partial charge in [-0.25, -0.2) is 4.39 Å². The number of aliphatic hydroxyl groups excluding tert-OH is 1. The maximum absolute atomic E-state index is 12.0. The molecule has 2 atom stereocenters. The number of Topliss-reactive ketones (excluding diaryl/α,β-unsaturated/α-hetero) is 1. The number of likely N-dealkylation sites (tertiary alicyclic amines) is 1. The Bertz CT molecular complexity index is 186. The predicted octanol–water partition coefficient (Wildman–Crippen LogP) is 0.228. The van der Waals surface area contributed by atoms with Gasteiger partial charge in [0.1, 0.15) is 12.5 Å². The summed E-state index contributed by atoms with van der Waals surface area (Å²) in [5.74, 6) is 0.298. The zero-order valence-electron chi connectivity index (χ0n) is 7.87. The van der Waals surface area contributed by atoms with Crippen molar-refractivity contribution in [2.75, 3.05) is 26.3 Å². The monoisotopic (exact) mass is 189 g/mol. The average molecular weight is 189 g/mol. The summed E-state index contributed by atoms with van der Waals surface area (Å²) in [7, 11) is 0. The maximum Gasteiger partial charge on any atom is 0.138 e. The first-order valence-electron chi connectivity index (χ1n) is 4.62. The minimum Gasteiger partial charge on any atom is -0.389 e. The van der Waals surface area contributed by atoms with Gasteiger partial charge in [-0.1, -0.05) is 6.92 Å². The fourth-order valence-corrected chi connectivity index (χ4v) is 1.61. The van der Waals surface area contributed by atoms with Gasteiger partial charge in [-0.15, -0.1) is 0 Å². The summed E-state index contributed by atoms with van der Waals surface area (Å²) in [6, 6.07) is 0. The van der Waals surface area contributed by atoms with Crippen LogP contribution in [0.15, 0.2) is 0 Å². The van der Waals surface area contributed by atoms with E-state index >= 15 is 0 Å². The molecule has 0 amide bonds. The van der Waals surface area contributed by atoms with Gasteiger partial charge in [0, 0.05) is 32.0 Å². The van der Waals surface area contributed by atoms with E-state index in [2.05, 4.69) is 0 Å². The van der Waals surface area contributed by atoms with Crippen LogP contribution in [0.3, 0.4) is 0 Å². The van der Waals surface area contributed by atoms with Crippen molar-refractivity contribution in [1.29, 1.82) is 0 Å². The third-order valence-electron chi connectivity index (χ3n) is 2.40. The van der Waals surface area contributed by atoms with Gasteiger partial charge in [0.25, 0.3) is 0 Å². The first-order valence-corrected chi connectivity index (χ1v) is 4.62. The molecule has 1 aliphatic rings. The SMILES string of the molecule is CC1CN(CC(O)CF)CCC1=O. The van der Waals surface area contributed by atoms with E-state index in [-0.39, 0.29) is 11.7 Å². The Balaban J connectivity index is 2.33. The standard InChI is InChI=1S/C9H16FNO2/c1-7-5-11(3-2-9(7)13)6-8(12)4-10/h7-8,12H,2-6H2,1H3. The number of carbonyl (C=O) groups excluding carboxylic acids is 1. The van der Waals surface area contributed by atoms with Crippen LogP contribution in [-0.4, -0.2) is 48.2 Å². The van der Waals surface area contributed by atoms with Gasteiger partial charge >= 0.3 is 0 Å². The number of rotatable bonds is 3. The molecule has 13 heavy (non-hydrogen) atoms. The van der Waals surface area contributed by atoms with Crippen LogP contribution in [0.25, 0.3) is 0 Å². The minimum absolute atomic E-state index is 0.0283. The molecular formula is C9H16FNO2. The van der Waals surface area contributed by atoms with Gasteiger partial charge in [0.05, 0.1) is 6.10 Å². The molecule has 0 spiro atoms. The Labute approximate surface area is 77.5 Å². The summed E-state index contributed by atoms with van der Waals surface area (Å²) in [6.07, 6.45) is -0.374. The number of ketones is 1. The molecule has 1 rings (SSSR count). The van der Waals surface area contributed by atoms with Crippen molar-refractivity contribution < 1.29 is 14.3 Å². The highest BCUT2D eigenvalue weighted by molar-refractivity contribution is 5.81. The van der Waals surface area contributed by atoms with Crippen molar-refractivity contribution >= 4 is 5.78 Å². The Kier molecular flexibility index (Phi) is 3.81. The molecule has 1 heterocycles. The van der Waals surface area contributed by atoms with Gasteiger partial charge in [-0.2, -0.15) is 0 Å². The third kappa shape index (κ3) is 3.04. The second-order valence-corrected chi connectivity index (χ2v) is 3.69. The Hall–Kier alpha value is -0.480. The van der Waals surface area contributed by atoms with Gasteiger partial charge in [-0.05, 0) is 0 Å². The van der Waals surface area contributed by atoms with Gasteiger partial charge in [0.15, 0.2) is 0 Å². The molecule has 1 N–H and O–H groups in total. The van der Waals surface area contributed by atoms with Crippen LogP contribution < -0.4 is 0 Å². The zero-order chi connectivity index (χ0) is 9.84. The number of hydrogen-bond donors (Lipinski definition) is 1. The summed E-state index contributed by atoms with van der Waals surface area (Å²) in [4.78, 5) is 13.1. The summed E-state index contributed by atoms with van der Waals surface area (Å²) >= 11 is 0. The Morgan fingerprint density at radius 1 is 1.77 bits per heavy atom. The number of piperidine rings is 1. The van der Waals surface area contributed by atoms with Crippen LogP contribution in [0, 0.1) is 5.92 Å². The van der Waals surface area contributed by atoms with Crippen molar-refractivity contribution in [3.63, 3.8) is 0 Å². The minimum atomic E-state index is -0.902. The van der Waals surface area contributed by atoms with E-state index in [0.717, 1.165) is 0 Å². The highest BCUT2D eigenvalue weighted by Crippen LogP contribution is 2.12. The molecule has 76 valence electrons. The van der Waals surface area contributed by atoms with Crippen molar-refractivity contribution in [3.05, 3.63) is 0 Å². The molecule has 0 radical (unpaired) electrons. The number of halogens is 1. The molecule has 0 aromatic rings. The number of aliphatic hydroxyl groups is 1. The molecule has 1 aliphatic heterocycles. The molecule has 0 aromatic heterocycles. The van der Waals surface area contributed by atoms with Crippen LogP contribution in [0.4, 0.5) is 4.39 Å². The second kappa shape index (κ2) is 4.67. The molecule has 0 bridgehead atoms. The summed E-state index contributed by atoms with van der Waals surface area (Å²) in [5.41, 5.74) is 0. The van der Waals surface area contributed by atoms with Crippen LogP contribution in [-0.2, 0) is 4.79 Å². The van der Waals surface area contributed by atoms with Crippen LogP contribution >= 0.6 is 0 Å². The fraction of sp³-hybridized carbons (Fsp3) is 0.889. The second-order valence-electron chi connectivity index (χ2n) is 3.69. The summed E-state index contributed by atoms with van der Waals surface area (Å²) in [5, 5.41) is 9.06. The lowest BCUT2D eigenvalue weighted by molar-refractivity contribution is -0.126. The van der Waals surface area contributed by atoms with Crippen LogP contribution in [0.2, 0.25) is 0 Å². The normalized spacial score (nSPS) is 27.6. The largest absolute Gasteiger partial charge is 0.389 e. The highest BCUT2D eigenvalue weighted by Gasteiger charge is 2.24. The molecule has 1 fully saturated rings. The van der Waals surface area contributed by atoms with E-state index in [1.54, 1.807) is 0 Å². The average Bonchev–Trinajstić information content (AvgIpc) is 2.11. The Morgan fingerprint density at radius 2 is 2.46 bits per heavy atom. The highest BCUT2D eigenvalue weighted by atomic mass is 19.1. The van der Waals surface area contributed by atoms with Crippen molar-refractivity contribution in [3.8, 4) is 0 Å². The first-order chi connectivity index (χ1) is 6.13. The van der Waals surface area contributed by atoms with E-state index in [0.29, 0.717) is 26.1 Å². The lowest BCUT2D eigenvalue weighted by Crippen LogP contribution is -2.43. The van der Waals surface area contributed by atoms with E-state index in [9.17, 15) is 9.18 Å². The quantitative estimate of drug-likeness (QED) is 0.690. The Morgan fingerprint density at radius 3 is 3.00 bits per heavy atom. The lowest BCUT2D eigenvalue weighted by Gasteiger charge is -2.30. The van der Waals surface area contributed by atoms with Crippen molar-refractivity contribution in [1.82, 2.24) is 4.90 Å². The third-order valence-corrected chi connectivity index (χ3v) is 2.40. The molecule has 4 heteroatoms. The zero-order valence-corrected chi connectivity index (χ0v) is 7.87. The van der Waals surface area contributed by atoms with E-state index in [1.165, 1.54) is 0 Å². The number of β-amino-alcohol motifs (C(OH)–C–C–N with tert-alkyl or cyclic N) is 1. The van der Waals surface area contributed by atoms with Crippen molar-refractivity contribution in [2.24, 2.45) is 5.92 Å². The smallest absolute Gasteiger partial charge is 0.138 e. The number of carbonyl (C=O) groups is 1. The first kappa shape index (κ1) is 10.6. The van der Waals surface area contributed by atoms with Gasteiger partial charge < -0.3 is 5.11 Å². The van der Waals surface area contributed by atoms with Crippen LogP contribution in [0.5, 0.6) is 0 Å². The number of alkyl halides is 1. The summed E-state index contributed by atoms with van der Waals surface area (Å²) < 4.78 is 12.0. The number of nitrogens with zero attached hydrogens (tertiary/aromatic N) is 1. The van der Waals surface area contributed by atoms with Crippen molar-refractivity contribution in [2.45, 2.75) is 19.4 Å². The van der Waals surface area contributed by atoms with E-state index < -0.39 is 12.8 Å². The van der Waals surface area contributed by atoms with Gasteiger partial charge in [-0.3, -0.25) is 9.69 Å². The fourth-order valence-electron chi connectivity index (χ4n) is 1.61. The van der Waals surface area contributed by atoms with Crippen LogP contribution in [0.1, 0.15) is 13.3 Å². The molecule has 2 unspecified atom stereocenters. The lowest BCUT2D eigenvalue weighted by atomic mass is 9.98. The molecule has 0 saturated carbocycles. The molecule has 1 saturated heterocycles. The molecular weight excluding hydrogens is 173 g/mol. The molecule has 0 aromatic carbocycles. The molecule has 0 aliphatic carbocycles. The van der Waals surface area contributed by atoms with Gasteiger partial charge in [0.2, 0.25) is 0 Å². The molecule has 3 nitrogen and oxygen atoms in total. The topological polar surface area (TPSA) is 40.5 Å².